The first-order valence-corrected chi connectivity index (χ1v) is 4.52. The number of hydrazine groups is 1. The maximum atomic E-state index is 12.4. The van der Waals surface area contributed by atoms with E-state index < -0.39 is 17.4 Å². The Kier molecular flexibility index (Phi) is 4.09. The van der Waals surface area contributed by atoms with Crippen molar-refractivity contribution >= 4 is 11.8 Å². The molecule has 0 unspecified atom stereocenters. The van der Waals surface area contributed by atoms with Crippen LogP contribution in [0.25, 0.3) is 0 Å². The summed E-state index contributed by atoms with van der Waals surface area (Å²) < 4.78 is 37.1. The van der Waals surface area contributed by atoms with E-state index in [4.69, 9.17) is 11.7 Å². The number of hydrazone groups is 1. The summed E-state index contributed by atoms with van der Waals surface area (Å²) in [6, 6.07) is 0.351. The van der Waals surface area contributed by atoms with Crippen molar-refractivity contribution in [1.82, 2.24) is 15.4 Å². The molecule has 0 atom stereocenters. The van der Waals surface area contributed by atoms with Gasteiger partial charge in [0.1, 0.15) is 0 Å². The molecule has 1 rings (SSSR count). The maximum Gasteiger partial charge on any atom is 0.433 e. The van der Waals surface area contributed by atoms with E-state index in [1.54, 1.807) is 0 Å². The molecule has 0 fully saturated rings. The predicted molar refractivity (Wildman–Crippen MR) is 57.3 cm³/mol. The van der Waals surface area contributed by atoms with Crippen LogP contribution in [0.15, 0.2) is 16.0 Å². The van der Waals surface area contributed by atoms with Gasteiger partial charge in [-0.05, 0) is 0 Å². The second-order valence-electron chi connectivity index (χ2n) is 3.05. The van der Waals surface area contributed by atoms with Gasteiger partial charge in [-0.15, -0.1) is 0 Å². The minimum Gasteiger partial charge on any atom is -0.348 e. The molecule has 11 heteroatoms. The van der Waals surface area contributed by atoms with Crippen LogP contribution in [0.3, 0.4) is 0 Å². The van der Waals surface area contributed by atoms with Gasteiger partial charge in [-0.3, -0.25) is 9.78 Å². The summed E-state index contributed by atoms with van der Waals surface area (Å²) in [5.74, 6) is 9.61. The highest BCUT2D eigenvalue weighted by molar-refractivity contribution is 5.85. The fourth-order valence-electron chi connectivity index (χ4n) is 0.988. The number of H-pyrrole nitrogens is 1. The van der Waals surface area contributed by atoms with E-state index in [0.29, 0.717) is 6.07 Å². The number of aromatic nitrogens is 2. The van der Waals surface area contributed by atoms with Crippen LogP contribution >= 0.6 is 0 Å². The lowest BCUT2D eigenvalue weighted by atomic mass is 10.4. The molecule has 1 aromatic heterocycles. The van der Waals surface area contributed by atoms with Crippen molar-refractivity contribution in [1.29, 1.82) is 0 Å². The molecule has 18 heavy (non-hydrogen) atoms. The van der Waals surface area contributed by atoms with Gasteiger partial charge in [-0.25, -0.2) is 10.8 Å². The van der Waals surface area contributed by atoms with Crippen molar-refractivity contribution in [3.63, 3.8) is 0 Å². The van der Waals surface area contributed by atoms with Crippen molar-refractivity contribution in [2.24, 2.45) is 16.8 Å². The Balaban J connectivity index is 2.91. The van der Waals surface area contributed by atoms with Gasteiger partial charge in [-0.1, -0.05) is 0 Å². The number of nitrogens with one attached hydrogen (secondary N) is 3. The van der Waals surface area contributed by atoms with Crippen LogP contribution < -0.4 is 28.0 Å². The summed E-state index contributed by atoms with van der Waals surface area (Å²) in [5.41, 5.74) is -0.141. The van der Waals surface area contributed by atoms with Crippen LogP contribution in [0.4, 0.5) is 19.1 Å². The summed E-state index contributed by atoms with van der Waals surface area (Å²) in [7, 11) is 0. The third-order valence-corrected chi connectivity index (χ3v) is 1.78. The molecule has 0 aliphatic heterocycles. The lowest BCUT2D eigenvalue weighted by Gasteiger charge is -2.09. The number of nitrogens with zero attached hydrogens (tertiary/aromatic N) is 2. The molecule has 100 valence electrons. The van der Waals surface area contributed by atoms with Crippen molar-refractivity contribution in [2.45, 2.75) is 6.18 Å². The summed E-state index contributed by atoms with van der Waals surface area (Å²) in [4.78, 5) is 16.3. The molecule has 0 aromatic carbocycles. The van der Waals surface area contributed by atoms with Gasteiger partial charge in [-0.2, -0.15) is 18.3 Å². The van der Waals surface area contributed by atoms with Gasteiger partial charge in [0.15, 0.2) is 11.5 Å². The van der Waals surface area contributed by atoms with Crippen LogP contribution in [0.5, 0.6) is 0 Å². The minimum absolute atomic E-state index is 0.0649. The molecule has 0 aliphatic carbocycles. The van der Waals surface area contributed by atoms with E-state index in [0.717, 1.165) is 0 Å². The van der Waals surface area contributed by atoms with Crippen molar-refractivity contribution in [3.05, 3.63) is 22.1 Å². The highest BCUT2D eigenvalue weighted by Gasteiger charge is 2.33. The Labute approximate surface area is 98.2 Å². The molecule has 0 radical (unpaired) electrons. The number of hydrogen-bond acceptors (Lipinski definition) is 6. The Hall–Kier alpha value is -2.30. The van der Waals surface area contributed by atoms with Crippen LogP contribution in [-0.2, 0) is 6.18 Å². The van der Waals surface area contributed by atoms with E-state index in [1.807, 2.05) is 0 Å². The Morgan fingerprint density at radius 2 is 2.22 bits per heavy atom. The Morgan fingerprint density at radius 3 is 2.72 bits per heavy atom. The van der Waals surface area contributed by atoms with Crippen LogP contribution in [0, 0.1) is 0 Å². The van der Waals surface area contributed by atoms with Gasteiger partial charge in [0, 0.05) is 6.07 Å². The molecule has 8 nitrogen and oxygen atoms in total. The van der Waals surface area contributed by atoms with E-state index in [2.05, 4.69) is 25.8 Å². The number of halogens is 3. The molecule has 1 aromatic rings. The standard InChI is InChI=1S/C7H10F3N7O/c8-7(9,10)3-1-5(18)15-6(14-3)13-2-4(16-11)17-12/h1H,2,11-12H2,(H,16,17)(H2,13,14,15,18). The lowest BCUT2D eigenvalue weighted by molar-refractivity contribution is -0.141. The van der Waals surface area contributed by atoms with Gasteiger partial charge < -0.3 is 16.6 Å². The fraction of sp³-hybridized carbons (Fsp3) is 0.286. The summed E-state index contributed by atoms with van der Waals surface area (Å²) in [6.45, 7) is -0.128. The third-order valence-electron chi connectivity index (χ3n) is 1.78. The number of amidine groups is 1. The molecule has 0 saturated carbocycles. The maximum absolute atomic E-state index is 12.4. The topological polar surface area (TPSA) is 134 Å². The molecule has 0 saturated heterocycles. The van der Waals surface area contributed by atoms with E-state index >= 15 is 0 Å². The van der Waals surface area contributed by atoms with Gasteiger partial charge >= 0.3 is 6.18 Å². The van der Waals surface area contributed by atoms with Gasteiger partial charge in [0.2, 0.25) is 5.95 Å². The number of rotatable bonds is 3. The highest BCUT2D eigenvalue weighted by atomic mass is 19.4. The van der Waals surface area contributed by atoms with Crippen molar-refractivity contribution in [3.8, 4) is 0 Å². The number of hydrogen-bond donors (Lipinski definition) is 5. The first-order valence-electron chi connectivity index (χ1n) is 4.52. The van der Waals surface area contributed by atoms with Crippen molar-refractivity contribution < 1.29 is 13.2 Å². The molecule has 0 spiro atoms. The molecule has 0 amide bonds. The summed E-state index contributed by atoms with van der Waals surface area (Å²) in [6.07, 6.45) is -4.71. The quantitative estimate of drug-likeness (QED) is 0.204. The smallest absolute Gasteiger partial charge is 0.348 e. The van der Waals surface area contributed by atoms with E-state index in [9.17, 15) is 18.0 Å². The monoisotopic (exact) mass is 265 g/mol. The molecular weight excluding hydrogens is 255 g/mol. The van der Waals surface area contributed by atoms with E-state index in [-0.39, 0.29) is 18.3 Å². The zero-order valence-electron chi connectivity index (χ0n) is 8.88. The molecule has 7 N–H and O–H groups in total. The Bertz CT molecular complexity index is 495. The zero-order chi connectivity index (χ0) is 13.8. The van der Waals surface area contributed by atoms with Crippen molar-refractivity contribution in [2.75, 3.05) is 11.9 Å². The fourth-order valence-corrected chi connectivity index (χ4v) is 0.988. The number of anilines is 1. The third kappa shape index (κ3) is 3.62. The normalized spacial score (nSPS) is 12.3. The van der Waals surface area contributed by atoms with E-state index in [1.165, 1.54) is 0 Å². The van der Waals surface area contributed by atoms with Crippen LogP contribution in [-0.4, -0.2) is 22.3 Å². The number of aromatic amines is 1. The summed E-state index contributed by atoms with van der Waals surface area (Å²) in [5, 5.41) is 5.57. The van der Waals surface area contributed by atoms with Gasteiger partial charge in [0.25, 0.3) is 5.56 Å². The average molecular weight is 265 g/mol. The molecule has 0 aliphatic rings. The zero-order valence-corrected chi connectivity index (χ0v) is 8.88. The first-order chi connectivity index (χ1) is 8.36. The highest BCUT2D eigenvalue weighted by Crippen LogP contribution is 2.26. The second-order valence-corrected chi connectivity index (χ2v) is 3.05. The van der Waals surface area contributed by atoms with Crippen LogP contribution in [0.1, 0.15) is 5.69 Å². The average Bonchev–Trinajstić information content (AvgIpc) is 2.28. The second kappa shape index (κ2) is 5.35. The Morgan fingerprint density at radius 1 is 1.56 bits per heavy atom. The largest absolute Gasteiger partial charge is 0.433 e. The SMILES string of the molecule is N/N=C(/CNc1nc(C(F)(F)F)cc(=O)[nH]1)NN. The predicted octanol–water partition coefficient (Wildman–Crippen LogP) is -1.06. The van der Waals surface area contributed by atoms with Gasteiger partial charge in [0.05, 0.1) is 6.54 Å². The molecule has 1 heterocycles. The minimum atomic E-state index is -4.71. The molecular formula is C7H10F3N7O. The van der Waals surface area contributed by atoms with Crippen LogP contribution in [0.2, 0.25) is 0 Å². The first kappa shape index (κ1) is 13.8. The number of nitrogens with two attached hydrogens (primary N) is 2. The molecule has 0 bridgehead atoms. The number of alkyl halides is 3. The summed E-state index contributed by atoms with van der Waals surface area (Å²) >= 11 is 0. The lowest BCUT2D eigenvalue weighted by Crippen LogP contribution is -2.37.